The van der Waals surface area contributed by atoms with E-state index in [2.05, 4.69) is 9.89 Å². The molecule has 156 valence electrons. The molecule has 2 aliphatic rings. The Morgan fingerprint density at radius 3 is 2.60 bits per heavy atom. The number of phenolic OH excluding ortho intramolecular Hbond substituents is 1. The average Bonchev–Trinajstić information content (AvgIpc) is 3.04. The lowest BCUT2D eigenvalue weighted by Crippen LogP contribution is -2.36. The van der Waals surface area contributed by atoms with Gasteiger partial charge in [0.2, 0.25) is 0 Å². The molecule has 0 saturated carbocycles. The first kappa shape index (κ1) is 20.3. The molecule has 4 rings (SSSR count). The molecule has 0 unspecified atom stereocenters. The number of methoxy groups -OCH3 is 1. The molecular weight excluding hydrogens is 402 g/mol. The minimum Gasteiger partial charge on any atom is -0.504 e. The van der Waals surface area contributed by atoms with Crippen molar-refractivity contribution < 1.29 is 19.4 Å². The van der Waals surface area contributed by atoms with Crippen LogP contribution in [0.4, 0.5) is 11.4 Å². The lowest BCUT2D eigenvalue weighted by Gasteiger charge is -2.28. The maximum atomic E-state index is 12.6. The van der Waals surface area contributed by atoms with Gasteiger partial charge in [-0.05, 0) is 59.8 Å². The van der Waals surface area contributed by atoms with Crippen molar-refractivity contribution >= 4 is 40.3 Å². The van der Waals surface area contributed by atoms with E-state index >= 15 is 0 Å². The number of carbonyl (C=O) groups excluding carboxylic acids is 1. The quantitative estimate of drug-likeness (QED) is 0.756. The van der Waals surface area contributed by atoms with Crippen LogP contribution in [-0.2, 0) is 9.53 Å². The molecule has 0 spiro atoms. The van der Waals surface area contributed by atoms with Gasteiger partial charge in [0, 0.05) is 25.8 Å². The molecule has 7 nitrogen and oxygen atoms in total. The van der Waals surface area contributed by atoms with Gasteiger partial charge in [0.15, 0.2) is 16.7 Å². The van der Waals surface area contributed by atoms with E-state index in [-0.39, 0.29) is 11.7 Å². The van der Waals surface area contributed by atoms with Crippen molar-refractivity contribution in [3.8, 4) is 11.5 Å². The van der Waals surface area contributed by atoms with Crippen molar-refractivity contribution in [2.24, 2.45) is 4.99 Å². The Bertz CT molecular complexity index is 998. The molecule has 2 heterocycles. The molecular formula is C22H23N3O4S. The summed E-state index contributed by atoms with van der Waals surface area (Å²) >= 11 is 1.32. The third-order valence-electron chi connectivity index (χ3n) is 4.96. The minimum absolute atomic E-state index is 0.0601. The number of hydrogen-bond acceptors (Lipinski definition) is 7. The lowest BCUT2D eigenvalue weighted by molar-refractivity contribution is -0.121. The van der Waals surface area contributed by atoms with Crippen LogP contribution in [0.3, 0.4) is 0 Å². The second kappa shape index (κ2) is 8.81. The van der Waals surface area contributed by atoms with E-state index in [9.17, 15) is 9.90 Å². The number of rotatable bonds is 4. The molecule has 30 heavy (non-hydrogen) atoms. The number of aliphatic imine (C=N–C) groups is 1. The molecule has 8 heteroatoms. The van der Waals surface area contributed by atoms with Gasteiger partial charge in [0.25, 0.3) is 5.91 Å². The molecule has 2 saturated heterocycles. The van der Waals surface area contributed by atoms with Gasteiger partial charge in [-0.1, -0.05) is 6.07 Å². The Balaban J connectivity index is 1.52. The van der Waals surface area contributed by atoms with Crippen molar-refractivity contribution in [1.29, 1.82) is 0 Å². The van der Waals surface area contributed by atoms with Crippen LogP contribution in [0.15, 0.2) is 52.4 Å². The molecule has 0 aromatic heterocycles. The van der Waals surface area contributed by atoms with Gasteiger partial charge in [-0.25, -0.2) is 4.99 Å². The van der Waals surface area contributed by atoms with Crippen molar-refractivity contribution in [3.63, 3.8) is 0 Å². The highest BCUT2D eigenvalue weighted by Crippen LogP contribution is 2.35. The van der Waals surface area contributed by atoms with Crippen LogP contribution in [-0.4, -0.2) is 61.5 Å². The summed E-state index contributed by atoms with van der Waals surface area (Å²) in [5.41, 5.74) is 2.71. The van der Waals surface area contributed by atoms with Gasteiger partial charge >= 0.3 is 0 Å². The van der Waals surface area contributed by atoms with E-state index < -0.39 is 0 Å². The van der Waals surface area contributed by atoms with Gasteiger partial charge in [0.1, 0.15) is 0 Å². The van der Waals surface area contributed by atoms with E-state index in [1.54, 1.807) is 36.2 Å². The largest absolute Gasteiger partial charge is 0.504 e. The summed E-state index contributed by atoms with van der Waals surface area (Å²) in [6.07, 6.45) is 1.77. The molecule has 0 aliphatic carbocycles. The number of amidine groups is 1. The predicted octanol–water partition coefficient (Wildman–Crippen LogP) is 3.47. The fourth-order valence-corrected chi connectivity index (χ4v) is 4.24. The van der Waals surface area contributed by atoms with Gasteiger partial charge < -0.3 is 19.5 Å². The number of thioether (sulfide) groups is 1. The molecule has 2 aromatic rings. The smallest absolute Gasteiger partial charge is 0.266 e. The fourth-order valence-electron chi connectivity index (χ4n) is 3.26. The van der Waals surface area contributed by atoms with Crippen LogP contribution >= 0.6 is 11.8 Å². The van der Waals surface area contributed by atoms with Gasteiger partial charge in [-0.2, -0.15) is 0 Å². The maximum absolute atomic E-state index is 12.6. The number of anilines is 1. The predicted molar refractivity (Wildman–Crippen MR) is 120 cm³/mol. The Hall–Kier alpha value is -2.97. The summed E-state index contributed by atoms with van der Waals surface area (Å²) in [7, 11) is 3.21. The van der Waals surface area contributed by atoms with Gasteiger partial charge in [-0.15, -0.1) is 0 Å². The summed E-state index contributed by atoms with van der Waals surface area (Å²) in [5.74, 6) is 0.308. The Labute approximate surface area is 179 Å². The summed E-state index contributed by atoms with van der Waals surface area (Å²) in [6, 6.07) is 13.0. The van der Waals surface area contributed by atoms with Crippen LogP contribution in [0.2, 0.25) is 0 Å². The number of amides is 1. The van der Waals surface area contributed by atoms with Crippen LogP contribution in [0, 0.1) is 0 Å². The highest BCUT2D eigenvalue weighted by Gasteiger charge is 2.30. The van der Waals surface area contributed by atoms with Crippen LogP contribution in [0.5, 0.6) is 11.5 Å². The average molecular weight is 426 g/mol. The van der Waals surface area contributed by atoms with Crippen molar-refractivity contribution in [3.05, 3.63) is 52.9 Å². The third kappa shape index (κ3) is 4.29. The highest BCUT2D eigenvalue weighted by molar-refractivity contribution is 8.18. The van der Waals surface area contributed by atoms with Crippen LogP contribution < -0.4 is 9.64 Å². The van der Waals surface area contributed by atoms with Crippen molar-refractivity contribution in [2.45, 2.75) is 0 Å². The molecule has 0 atom stereocenters. The molecule has 2 fully saturated rings. The minimum atomic E-state index is -0.115. The van der Waals surface area contributed by atoms with E-state index in [0.29, 0.717) is 15.8 Å². The van der Waals surface area contributed by atoms with E-state index in [1.165, 1.54) is 18.9 Å². The molecule has 2 aliphatic heterocycles. The number of ether oxygens (including phenoxy) is 2. The number of hydrogen-bond donors (Lipinski definition) is 1. The van der Waals surface area contributed by atoms with E-state index in [4.69, 9.17) is 9.47 Å². The molecule has 0 bridgehead atoms. The first-order chi connectivity index (χ1) is 14.5. The Kier molecular flexibility index (Phi) is 5.96. The standard InChI is InChI=1S/C22H23N3O4S/c1-24-21(27)20(14-15-3-8-18(26)19(13-15)28-2)30-22(24)23-16-4-6-17(7-5-16)25-9-11-29-12-10-25/h3-8,13-14,26H,9-12H2,1-2H3/b20-14+,23-22?. The first-order valence-electron chi connectivity index (χ1n) is 9.61. The second-order valence-electron chi connectivity index (χ2n) is 6.92. The number of benzene rings is 2. The molecule has 2 aromatic carbocycles. The Morgan fingerprint density at radius 2 is 1.90 bits per heavy atom. The summed E-state index contributed by atoms with van der Waals surface area (Å²) in [4.78, 5) is 21.7. The number of phenols is 1. The highest BCUT2D eigenvalue weighted by atomic mass is 32.2. The Morgan fingerprint density at radius 1 is 1.17 bits per heavy atom. The van der Waals surface area contributed by atoms with Crippen molar-refractivity contribution in [2.75, 3.05) is 45.4 Å². The molecule has 1 N–H and O–H groups in total. The zero-order chi connectivity index (χ0) is 21.1. The van der Waals surface area contributed by atoms with E-state index in [0.717, 1.165) is 43.2 Å². The van der Waals surface area contributed by atoms with Crippen LogP contribution in [0.25, 0.3) is 6.08 Å². The monoisotopic (exact) mass is 425 g/mol. The van der Waals surface area contributed by atoms with Crippen molar-refractivity contribution in [1.82, 2.24) is 4.90 Å². The summed E-state index contributed by atoms with van der Waals surface area (Å²) in [5, 5.41) is 10.4. The SMILES string of the molecule is COc1cc(/C=C2/SC(=Nc3ccc(N4CCOCC4)cc3)N(C)C2=O)ccc1O. The summed E-state index contributed by atoms with van der Waals surface area (Å²) in [6.45, 7) is 3.26. The van der Waals surface area contributed by atoms with Crippen LogP contribution in [0.1, 0.15) is 5.56 Å². The van der Waals surface area contributed by atoms with Gasteiger partial charge in [0.05, 0.1) is 30.9 Å². The third-order valence-corrected chi connectivity index (χ3v) is 6.02. The number of carbonyl (C=O) groups is 1. The lowest BCUT2D eigenvalue weighted by atomic mass is 10.2. The fraction of sp³-hybridized carbons (Fsp3) is 0.273. The maximum Gasteiger partial charge on any atom is 0.266 e. The second-order valence-corrected chi connectivity index (χ2v) is 7.93. The number of nitrogens with zero attached hydrogens (tertiary/aromatic N) is 3. The zero-order valence-corrected chi connectivity index (χ0v) is 17.7. The van der Waals surface area contributed by atoms with Gasteiger partial charge in [-0.3, -0.25) is 9.69 Å². The topological polar surface area (TPSA) is 74.6 Å². The van der Waals surface area contributed by atoms with E-state index in [1.807, 2.05) is 24.3 Å². The first-order valence-corrected chi connectivity index (χ1v) is 10.4. The number of likely N-dealkylation sites (N-methyl/N-ethyl adjacent to an activating group) is 1. The zero-order valence-electron chi connectivity index (χ0n) is 16.9. The molecule has 1 amide bonds. The summed E-state index contributed by atoms with van der Waals surface area (Å²) < 4.78 is 10.5. The molecule has 0 radical (unpaired) electrons. The number of morpholine rings is 1. The normalized spacial score (nSPS) is 19.7. The number of aromatic hydroxyl groups is 1.